The van der Waals surface area contributed by atoms with Crippen molar-refractivity contribution in [3.63, 3.8) is 0 Å². The highest BCUT2D eigenvalue weighted by Gasteiger charge is 2.29. The number of carbonyl (C=O) groups excluding carboxylic acids is 1. The SMILES string of the molecule is CC/C=C\C/C=C\C/C=C\C/C=C\CCCCCCCCCCCCCCCCCCCCCCCCCCC(=O)NC(COP(=O)([O-])OCC[N+](C)(C)C)C(O)C(O)CCC/C=C/CC/C=C/CCCCC. The van der Waals surface area contributed by atoms with Gasteiger partial charge in [0, 0.05) is 6.42 Å². The Morgan fingerprint density at radius 3 is 1.32 bits per heavy atom. The van der Waals surface area contributed by atoms with Crippen molar-refractivity contribution in [2.24, 2.45) is 0 Å². The van der Waals surface area contributed by atoms with E-state index in [9.17, 15) is 24.5 Å². The number of nitrogens with one attached hydrogen (secondary N) is 1. The molecule has 0 fully saturated rings. The highest BCUT2D eigenvalue weighted by Crippen LogP contribution is 2.38. The van der Waals surface area contributed by atoms with Crippen LogP contribution in [0.5, 0.6) is 0 Å². The van der Waals surface area contributed by atoms with Crippen LogP contribution >= 0.6 is 7.82 Å². The number of aliphatic hydroxyl groups is 2. The molecule has 0 aliphatic carbocycles. The van der Waals surface area contributed by atoms with E-state index in [-0.39, 0.29) is 18.9 Å². The van der Waals surface area contributed by atoms with Crippen LogP contribution in [0.2, 0.25) is 0 Å². The molecule has 0 aliphatic rings. The second kappa shape index (κ2) is 53.3. The number of carbonyl (C=O) groups is 1. The third-order valence-corrected chi connectivity index (χ3v) is 14.5. The van der Waals surface area contributed by atoms with E-state index < -0.39 is 32.7 Å². The fourth-order valence-electron chi connectivity index (χ4n) is 8.73. The largest absolute Gasteiger partial charge is 0.756 e. The monoisotopic (exact) mass is 1040 g/mol. The number of unbranched alkanes of at least 4 members (excludes halogenated alkanes) is 29. The highest BCUT2D eigenvalue weighted by atomic mass is 31.2. The number of rotatable bonds is 55. The molecule has 0 bridgehead atoms. The summed E-state index contributed by atoms with van der Waals surface area (Å²) in [6, 6.07) is -1.10. The van der Waals surface area contributed by atoms with Gasteiger partial charge in [0.25, 0.3) is 7.82 Å². The van der Waals surface area contributed by atoms with Gasteiger partial charge in [-0.05, 0) is 89.9 Å². The predicted molar refractivity (Wildman–Crippen MR) is 313 cm³/mol. The van der Waals surface area contributed by atoms with Crippen LogP contribution < -0.4 is 10.2 Å². The highest BCUT2D eigenvalue weighted by molar-refractivity contribution is 7.45. The first kappa shape index (κ1) is 70.9. The number of allylic oxidation sites excluding steroid dienone is 12. The van der Waals surface area contributed by atoms with E-state index in [1.54, 1.807) is 0 Å². The van der Waals surface area contributed by atoms with Crippen molar-refractivity contribution in [2.45, 2.75) is 283 Å². The zero-order valence-corrected chi connectivity index (χ0v) is 49.1. The normalized spacial score (nSPS) is 14.8. The first-order valence-electron chi connectivity index (χ1n) is 30.4. The van der Waals surface area contributed by atoms with Gasteiger partial charge in [-0.15, -0.1) is 0 Å². The zero-order chi connectivity index (χ0) is 53.6. The zero-order valence-electron chi connectivity index (χ0n) is 48.2. The Morgan fingerprint density at radius 1 is 0.507 bits per heavy atom. The molecule has 1 amide bonds. The van der Waals surface area contributed by atoms with Gasteiger partial charge >= 0.3 is 0 Å². The number of nitrogens with zero attached hydrogens (tertiary/aromatic N) is 1. The summed E-state index contributed by atoms with van der Waals surface area (Å²) in [5.41, 5.74) is 0. The number of hydrogen-bond acceptors (Lipinski definition) is 7. The molecule has 0 saturated heterocycles. The summed E-state index contributed by atoms with van der Waals surface area (Å²) in [5, 5.41) is 24.7. The number of phosphoric acid groups is 1. The molecule has 426 valence electrons. The van der Waals surface area contributed by atoms with Gasteiger partial charge < -0.3 is 34.0 Å². The molecule has 0 heterocycles. The van der Waals surface area contributed by atoms with Crippen molar-refractivity contribution in [2.75, 3.05) is 40.9 Å². The lowest BCUT2D eigenvalue weighted by atomic mass is 10.0. The quantitative estimate of drug-likeness (QED) is 0.0240. The predicted octanol–water partition coefficient (Wildman–Crippen LogP) is 17.0. The standard InChI is InChI=1S/C63H117N2O7P/c1-6-8-10-12-14-16-18-20-21-22-23-24-25-26-27-28-29-30-31-32-33-34-35-36-37-38-39-40-41-42-43-44-46-48-50-52-54-56-62(67)64-60(59-72-73(69,70)71-58-57-65(3,4)5)63(68)61(66)55-53-51-49-47-45-19-17-15-13-11-9-7-2/h8,10,14-17,20-21,23-24,47,49,60-61,63,66,68H,6-7,9,11-13,18-19,22,25-46,48,50-59H2,1-5H3,(H-,64,67,69,70)/b10-8-,16-14-,17-15+,21-20-,24-23-,49-47+. The van der Waals surface area contributed by atoms with Gasteiger partial charge in [-0.3, -0.25) is 9.36 Å². The van der Waals surface area contributed by atoms with Crippen LogP contribution in [0.3, 0.4) is 0 Å². The summed E-state index contributed by atoms with van der Waals surface area (Å²) < 4.78 is 23.2. The summed E-state index contributed by atoms with van der Waals surface area (Å²) >= 11 is 0. The van der Waals surface area contributed by atoms with Gasteiger partial charge in [0.15, 0.2) is 0 Å². The van der Waals surface area contributed by atoms with Crippen LogP contribution in [0.4, 0.5) is 0 Å². The third-order valence-electron chi connectivity index (χ3n) is 13.5. The smallest absolute Gasteiger partial charge is 0.268 e. The molecule has 10 heteroatoms. The van der Waals surface area contributed by atoms with Crippen molar-refractivity contribution < 1.29 is 38.0 Å². The Morgan fingerprint density at radius 2 is 0.877 bits per heavy atom. The maximum atomic E-state index is 13.0. The fraction of sp³-hybridized carbons (Fsp3) is 0.794. The topological polar surface area (TPSA) is 128 Å². The molecule has 0 spiro atoms. The van der Waals surface area contributed by atoms with Crippen LogP contribution in [-0.4, -0.2) is 79.8 Å². The molecular formula is C63H117N2O7P. The molecule has 0 aromatic heterocycles. The molecule has 0 saturated carbocycles. The summed E-state index contributed by atoms with van der Waals surface area (Å²) in [6.45, 7) is 4.28. The molecule has 3 N–H and O–H groups in total. The average molecular weight is 1050 g/mol. The van der Waals surface area contributed by atoms with E-state index in [4.69, 9.17) is 9.05 Å². The molecule has 0 aromatic rings. The minimum atomic E-state index is -4.68. The third kappa shape index (κ3) is 54.5. The number of hydrogen-bond donors (Lipinski definition) is 3. The van der Waals surface area contributed by atoms with Gasteiger partial charge in [-0.25, -0.2) is 0 Å². The van der Waals surface area contributed by atoms with E-state index in [0.717, 1.165) is 70.6 Å². The summed E-state index contributed by atoms with van der Waals surface area (Å²) in [7, 11) is 1.10. The Balaban J connectivity index is 4.00. The van der Waals surface area contributed by atoms with Crippen LogP contribution in [-0.2, 0) is 18.4 Å². The van der Waals surface area contributed by atoms with Gasteiger partial charge in [0.1, 0.15) is 19.3 Å². The van der Waals surface area contributed by atoms with Gasteiger partial charge in [-0.2, -0.15) is 0 Å². The van der Waals surface area contributed by atoms with Gasteiger partial charge in [-0.1, -0.05) is 241 Å². The molecule has 9 nitrogen and oxygen atoms in total. The number of likely N-dealkylation sites (N-methyl/N-ethyl adjacent to an activating group) is 1. The maximum Gasteiger partial charge on any atom is 0.268 e. The maximum absolute atomic E-state index is 13.0. The molecule has 0 aliphatic heterocycles. The van der Waals surface area contributed by atoms with Crippen molar-refractivity contribution in [3.8, 4) is 0 Å². The first-order chi connectivity index (χ1) is 35.4. The lowest BCUT2D eigenvalue weighted by Gasteiger charge is -2.31. The van der Waals surface area contributed by atoms with Crippen molar-refractivity contribution in [1.82, 2.24) is 5.32 Å². The van der Waals surface area contributed by atoms with Crippen LogP contribution in [0, 0.1) is 0 Å². The van der Waals surface area contributed by atoms with Crippen LogP contribution in [0.15, 0.2) is 72.9 Å². The lowest BCUT2D eigenvalue weighted by molar-refractivity contribution is -0.870. The van der Waals surface area contributed by atoms with Gasteiger partial charge in [0.2, 0.25) is 5.91 Å². The van der Waals surface area contributed by atoms with E-state index in [2.05, 4.69) is 92.1 Å². The Hall–Kier alpha value is -2.10. The first-order valence-corrected chi connectivity index (χ1v) is 31.8. The van der Waals surface area contributed by atoms with E-state index in [1.165, 1.54) is 154 Å². The number of aliphatic hydroxyl groups excluding tert-OH is 2. The molecule has 4 unspecified atom stereocenters. The van der Waals surface area contributed by atoms with Crippen molar-refractivity contribution in [3.05, 3.63) is 72.9 Å². The summed E-state index contributed by atoms with van der Waals surface area (Å²) in [4.78, 5) is 25.5. The van der Waals surface area contributed by atoms with E-state index in [0.29, 0.717) is 30.3 Å². The second-order valence-electron chi connectivity index (χ2n) is 21.8. The number of amides is 1. The lowest BCUT2D eigenvalue weighted by Crippen LogP contribution is -2.51. The number of quaternary nitrogens is 1. The van der Waals surface area contributed by atoms with Crippen LogP contribution in [0.1, 0.15) is 264 Å². The molecule has 4 atom stereocenters. The fourth-order valence-corrected chi connectivity index (χ4v) is 9.46. The summed E-state index contributed by atoms with van der Waals surface area (Å²) in [5.74, 6) is -0.291. The Bertz CT molecular complexity index is 1440. The minimum absolute atomic E-state index is 0.0492. The van der Waals surface area contributed by atoms with Crippen molar-refractivity contribution in [1.29, 1.82) is 0 Å². The second-order valence-corrected chi connectivity index (χ2v) is 23.2. The molecule has 0 aromatic carbocycles. The molecule has 0 radical (unpaired) electrons. The van der Waals surface area contributed by atoms with Gasteiger partial charge in [0.05, 0.1) is 39.9 Å². The summed E-state index contributed by atoms with van der Waals surface area (Å²) in [6.07, 6.45) is 70.0. The number of phosphoric ester groups is 1. The molecule has 73 heavy (non-hydrogen) atoms. The van der Waals surface area contributed by atoms with E-state index in [1.807, 2.05) is 21.1 Å². The van der Waals surface area contributed by atoms with Crippen LogP contribution in [0.25, 0.3) is 0 Å². The average Bonchev–Trinajstić information content (AvgIpc) is 3.35. The van der Waals surface area contributed by atoms with Crippen molar-refractivity contribution >= 4 is 13.7 Å². The Labute approximate surface area is 451 Å². The molecule has 0 rings (SSSR count). The van der Waals surface area contributed by atoms with E-state index >= 15 is 0 Å². The minimum Gasteiger partial charge on any atom is -0.756 e. The Kier molecular flexibility index (Phi) is 51.8. The molecular weight excluding hydrogens is 928 g/mol.